The Balaban J connectivity index is 1.52. The summed E-state index contributed by atoms with van der Waals surface area (Å²) in [6.07, 6.45) is 6.21. The number of carbonyl (C=O) groups is 2. The third-order valence-corrected chi connectivity index (χ3v) is 8.81. The monoisotopic (exact) mass is 563 g/mol. The fourth-order valence-electron chi connectivity index (χ4n) is 6.53. The Kier molecular flexibility index (Phi) is 6.94. The van der Waals surface area contributed by atoms with Crippen molar-refractivity contribution in [3.8, 4) is 5.75 Å². The van der Waals surface area contributed by atoms with Crippen molar-refractivity contribution >= 4 is 46.4 Å². The van der Waals surface area contributed by atoms with Crippen LogP contribution in [0, 0.1) is 0 Å². The molecule has 1 aliphatic carbocycles. The molecule has 1 fully saturated rings. The topological polar surface area (TPSA) is 70.7 Å². The lowest BCUT2D eigenvalue weighted by molar-refractivity contribution is -0.124. The molecule has 3 aliphatic rings. The van der Waals surface area contributed by atoms with Gasteiger partial charge in [-0.1, -0.05) is 66.7 Å². The molecule has 2 unspecified atom stereocenters. The molecule has 3 aromatic rings. The van der Waals surface area contributed by atoms with Gasteiger partial charge in [0.1, 0.15) is 11.8 Å². The van der Waals surface area contributed by atoms with Crippen LogP contribution in [0.4, 0.5) is 11.4 Å². The fourth-order valence-corrected chi connectivity index (χ4v) is 6.92. The summed E-state index contributed by atoms with van der Waals surface area (Å²) in [6, 6.07) is 18.4. The van der Waals surface area contributed by atoms with Gasteiger partial charge in [0.15, 0.2) is 5.54 Å². The summed E-state index contributed by atoms with van der Waals surface area (Å²) in [6.45, 7) is 0. The van der Waals surface area contributed by atoms with Gasteiger partial charge in [0.05, 0.1) is 7.11 Å². The third-order valence-electron chi connectivity index (χ3n) is 8.34. The highest BCUT2D eigenvalue weighted by Gasteiger charge is 2.57. The first-order valence-electron chi connectivity index (χ1n) is 13.5. The zero-order valence-corrected chi connectivity index (χ0v) is 23.3. The summed E-state index contributed by atoms with van der Waals surface area (Å²) in [7, 11) is 1.62. The van der Waals surface area contributed by atoms with E-state index in [9.17, 15) is 9.59 Å². The van der Waals surface area contributed by atoms with Crippen molar-refractivity contribution < 1.29 is 14.3 Å². The number of hydrogen-bond acceptors (Lipinski definition) is 4. The first-order valence-corrected chi connectivity index (χ1v) is 14.3. The summed E-state index contributed by atoms with van der Waals surface area (Å²) in [5.41, 5.74) is 2.93. The highest BCUT2D eigenvalue weighted by molar-refractivity contribution is 6.31. The van der Waals surface area contributed by atoms with Gasteiger partial charge >= 0.3 is 0 Å². The van der Waals surface area contributed by atoms with E-state index in [0.717, 1.165) is 48.1 Å². The average molecular weight is 565 g/mol. The van der Waals surface area contributed by atoms with Crippen molar-refractivity contribution in [2.24, 2.45) is 0 Å². The molecule has 6 nitrogen and oxygen atoms in total. The van der Waals surface area contributed by atoms with Crippen LogP contribution in [0.15, 0.2) is 60.7 Å². The van der Waals surface area contributed by atoms with Crippen molar-refractivity contribution in [3.63, 3.8) is 0 Å². The Morgan fingerprint density at radius 2 is 1.85 bits per heavy atom. The van der Waals surface area contributed by atoms with Crippen molar-refractivity contribution in [3.05, 3.63) is 87.4 Å². The van der Waals surface area contributed by atoms with Gasteiger partial charge in [0.2, 0.25) is 5.91 Å². The van der Waals surface area contributed by atoms with Crippen LogP contribution < -0.4 is 20.3 Å². The van der Waals surface area contributed by atoms with Crippen LogP contribution in [0.2, 0.25) is 10.0 Å². The molecule has 2 amide bonds. The zero-order valence-electron chi connectivity index (χ0n) is 21.8. The highest BCUT2D eigenvalue weighted by atomic mass is 35.5. The first kappa shape index (κ1) is 26.0. The summed E-state index contributed by atoms with van der Waals surface area (Å²) in [4.78, 5) is 30.4. The SMILES string of the molecule is COc1ccc2c(c1)N(C1(Cc3cccc(Cl)c3)C(=O)Nc3cc(Cl)ccc31)C(C(=O)NC1CCCCC1)C2. The van der Waals surface area contributed by atoms with Crippen LogP contribution in [-0.2, 0) is 28.0 Å². The molecule has 202 valence electrons. The second-order valence-corrected chi connectivity index (χ2v) is 11.6. The molecule has 39 heavy (non-hydrogen) atoms. The average Bonchev–Trinajstić information content (AvgIpc) is 3.44. The highest BCUT2D eigenvalue weighted by Crippen LogP contribution is 2.51. The van der Waals surface area contributed by atoms with E-state index in [-0.39, 0.29) is 17.9 Å². The molecule has 2 aliphatic heterocycles. The first-order chi connectivity index (χ1) is 18.9. The number of rotatable bonds is 6. The van der Waals surface area contributed by atoms with Gasteiger partial charge in [-0.15, -0.1) is 0 Å². The minimum atomic E-state index is -1.21. The van der Waals surface area contributed by atoms with E-state index >= 15 is 0 Å². The number of amides is 2. The largest absolute Gasteiger partial charge is 0.497 e. The smallest absolute Gasteiger partial charge is 0.255 e. The number of halogens is 2. The zero-order chi connectivity index (χ0) is 27.1. The van der Waals surface area contributed by atoms with Gasteiger partial charge in [-0.2, -0.15) is 0 Å². The molecule has 2 N–H and O–H groups in total. The van der Waals surface area contributed by atoms with E-state index in [1.54, 1.807) is 19.2 Å². The molecular formula is C31H31Cl2N3O3. The van der Waals surface area contributed by atoms with E-state index in [1.807, 2.05) is 53.4 Å². The standard InChI is InChI=1S/C31H31Cl2N3O3/c1-39-24-12-10-20-15-28(29(37)34-23-8-3-2-4-9-23)36(27(20)17-24)31(18-19-6-5-7-21(32)14-19)25-13-11-22(33)16-26(25)35-30(31)38/h5-7,10-14,16-17,23,28H,2-4,8-9,15,18H2,1H3,(H,34,37)(H,35,38). The van der Waals surface area contributed by atoms with Gasteiger partial charge in [0, 0.05) is 51.9 Å². The number of methoxy groups -OCH3 is 1. The lowest BCUT2D eigenvalue weighted by Crippen LogP contribution is -2.60. The van der Waals surface area contributed by atoms with Gasteiger partial charge < -0.3 is 20.3 Å². The van der Waals surface area contributed by atoms with Gasteiger partial charge in [-0.3, -0.25) is 9.59 Å². The Labute approximate surface area is 238 Å². The minimum absolute atomic E-state index is 0.0576. The maximum absolute atomic E-state index is 14.3. The summed E-state index contributed by atoms with van der Waals surface area (Å²) >= 11 is 12.7. The quantitative estimate of drug-likeness (QED) is 0.370. The predicted molar refractivity (Wildman–Crippen MR) is 155 cm³/mol. The fraction of sp³-hybridized carbons (Fsp3) is 0.355. The van der Waals surface area contributed by atoms with Crippen LogP contribution in [0.5, 0.6) is 5.75 Å². The molecule has 1 saturated carbocycles. The maximum atomic E-state index is 14.3. The van der Waals surface area contributed by atoms with E-state index in [4.69, 9.17) is 27.9 Å². The number of hydrogen-bond donors (Lipinski definition) is 2. The van der Waals surface area contributed by atoms with Crippen LogP contribution in [0.25, 0.3) is 0 Å². The van der Waals surface area contributed by atoms with Crippen LogP contribution >= 0.6 is 23.2 Å². The van der Waals surface area contributed by atoms with Crippen molar-refractivity contribution in [1.82, 2.24) is 5.32 Å². The normalized spacial score (nSPS) is 22.3. The summed E-state index contributed by atoms with van der Waals surface area (Å²) < 4.78 is 5.58. The van der Waals surface area contributed by atoms with Crippen molar-refractivity contribution in [1.29, 1.82) is 0 Å². The molecule has 8 heteroatoms. The Morgan fingerprint density at radius 1 is 1.05 bits per heavy atom. The van der Waals surface area contributed by atoms with Gasteiger partial charge in [0.25, 0.3) is 5.91 Å². The minimum Gasteiger partial charge on any atom is -0.497 e. The summed E-state index contributed by atoms with van der Waals surface area (Å²) in [5, 5.41) is 7.53. The Hall–Kier alpha value is -3.22. The van der Waals surface area contributed by atoms with E-state index in [2.05, 4.69) is 10.6 Å². The predicted octanol–water partition coefficient (Wildman–Crippen LogP) is 6.27. The van der Waals surface area contributed by atoms with E-state index in [0.29, 0.717) is 34.3 Å². The van der Waals surface area contributed by atoms with E-state index in [1.165, 1.54) is 6.42 Å². The lowest BCUT2D eigenvalue weighted by Gasteiger charge is -2.43. The Morgan fingerprint density at radius 3 is 2.62 bits per heavy atom. The number of carbonyl (C=O) groups excluding carboxylic acids is 2. The van der Waals surface area contributed by atoms with Gasteiger partial charge in [-0.25, -0.2) is 0 Å². The van der Waals surface area contributed by atoms with Gasteiger partial charge in [-0.05, 0) is 54.3 Å². The molecule has 0 radical (unpaired) electrons. The molecule has 0 saturated heterocycles. The number of benzene rings is 3. The summed E-state index contributed by atoms with van der Waals surface area (Å²) in [5.74, 6) is 0.406. The molecule has 3 aromatic carbocycles. The molecule has 0 spiro atoms. The van der Waals surface area contributed by atoms with Crippen molar-refractivity contribution in [2.75, 3.05) is 17.3 Å². The number of fused-ring (bicyclic) bond motifs is 2. The lowest BCUT2D eigenvalue weighted by atomic mass is 9.82. The molecular weight excluding hydrogens is 533 g/mol. The number of nitrogens with one attached hydrogen (secondary N) is 2. The molecule has 6 rings (SSSR count). The van der Waals surface area contributed by atoms with Crippen LogP contribution in [0.1, 0.15) is 48.8 Å². The third kappa shape index (κ3) is 4.64. The number of nitrogens with zero attached hydrogens (tertiary/aromatic N) is 1. The number of ether oxygens (including phenoxy) is 1. The number of anilines is 2. The second kappa shape index (κ2) is 10.4. The molecule has 2 heterocycles. The molecule has 0 bridgehead atoms. The van der Waals surface area contributed by atoms with Crippen molar-refractivity contribution in [2.45, 2.75) is 62.6 Å². The Bertz CT molecular complexity index is 1440. The maximum Gasteiger partial charge on any atom is 0.255 e. The molecule has 2 atom stereocenters. The van der Waals surface area contributed by atoms with Crippen LogP contribution in [0.3, 0.4) is 0 Å². The second-order valence-electron chi connectivity index (χ2n) is 10.7. The van der Waals surface area contributed by atoms with E-state index < -0.39 is 11.6 Å². The van der Waals surface area contributed by atoms with Crippen LogP contribution in [-0.4, -0.2) is 31.0 Å². The molecule has 0 aromatic heterocycles.